The molecule has 0 aliphatic rings. The molecule has 4 nitrogen and oxygen atoms in total. The molecule has 6 heteroatoms. The van der Waals surface area contributed by atoms with Gasteiger partial charge in [0.15, 0.2) is 0 Å². The molecule has 0 fully saturated rings. The van der Waals surface area contributed by atoms with Gasteiger partial charge in [0.1, 0.15) is 0 Å². The van der Waals surface area contributed by atoms with Gasteiger partial charge in [-0.1, -0.05) is 32.4 Å². The van der Waals surface area contributed by atoms with Gasteiger partial charge in [0, 0.05) is 6.54 Å². The Morgan fingerprint density at radius 3 is 2.42 bits per heavy atom. The average molecular weight is 305 g/mol. The van der Waals surface area contributed by atoms with Crippen LogP contribution in [0.3, 0.4) is 0 Å². The summed E-state index contributed by atoms with van der Waals surface area (Å²) in [7, 11) is -3.27. The summed E-state index contributed by atoms with van der Waals surface area (Å²) < 4.78 is 24.8. The molecule has 0 saturated carbocycles. The van der Waals surface area contributed by atoms with Gasteiger partial charge in [0.25, 0.3) is 0 Å². The van der Waals surface area contributed by atoms with E-state index in [4.69, 9.17) is 11.6 Å². The van der Waals surface area contributed by atoms with E-state index in [-0.39, 0.29) is 5.41 Å². The van der Waals surface area contributed by atoms with Crippen LogP contribution >= 0.6 is 11.6 Å². The molecule has 0 atom stereocenters. The van der Waals surface area contributed by atoms with Crippen LogP contribution in [0, 0.1) is 5.41 Å². The zero-order chi connectivity index (χ0) is 14.7. The summed E-state index contributed by atoms with van der Waals surface area (Å²) in [5.41, 5.74) is 1.48. The first-order chi connectivity index (χ1) is 8.57. The Labute approximate surface area is 120 Å². The largest absolute Gasteiger partial charge is 0.384 e. The fourth-order valence-corrected chi connectivity index (χ4v) is 2.25. The maximum Gasteiger partial charge on any atom is 0.229 e. The standard InChI is InChI=1S/C13H21ClN2O2S/c1-13(2,3)7-8-15-12-9-10(5-6-11(12)14)16-19(4,17)18/h5-6,9,15-16H,7-8H2,1-4H3. The zero-order valence-corrected chi connectivity index (χ0v) is 13.3. The summed E-state index contributed by atoms with van der Waals surface area (Å²) in [5, 5.41) is 3.81. The third-order valence-electron chi connectivity index (χ3n) is 2.46. The van der Waals surface area contributed by atoms with Crippen LogP contribution in [0.2, 0.25) is 5.02 Å². The SMILES string of the molecule is CC(C)(C)CCNc1cc(NS(C)(=O)=O)ccc1Cl. The van der Waals surface area contributed by atoms with Crippen molar-refractivity contribution in [3.8, 4) is 0 Å². The molecule has 0 saturated heterocycles. The minimum absolute atomic E-state index is 0.238. The van der Waals surface area contributed by atoms with Gasteiger partial charge in [-0.05, 0) is 30.0 Å². The molecule has 0 radical (unpaired) electrons. The Hall–Kier alpha value is -0.940. The van der Waals surface area contributed by atoms with Gasteiger partial charge < -0.3 is 5.32 Å². The molecule has 0 aliphatic carbocycles. The fourth-order valence-electron chi connectivity index (χ4n) is 1.51. The lowest BCUT2D eigenvalue weighted by atomic mass is 9.92. The molecule has 0 bridgehead atoms. The lowest BCUT2D eigenvalue weighted by Gasteiger charge is -2.19. The Morgan fingerprint density at radius 1 is 1.26 bits per heavy atom. The number of hydrogen-bond donors (Lipinski definition) is 2. The number of nitrogens with one attached hydrogen (secondary N) is 2. The minimum atomic E-state index is -3.27. The molecule has 0 unspecified atom stereocenters. The van der Waals surface area contributed by atoms with Crippen molar-refractivity contribution >= 4 is 33.0 Å². The van der Waals surface area contributed by atoms with Crippen molar-refractivity contribution in [3.05, 3.63) is 23.2 Å². The zero-order valence-electron chi connectivity index (χ0n) is 11.7. The van der Waals surface area contributed by atoms with Crippen molar-refractivity contribution in [1.29, 1.82) is 0 Å². The lowest BCUT2D eigenvalue weighted by Crippen LogP contribution is -2.13. The highest BCUT2D eigenvalue weighted by Gasteiger charge is 2.10. The van der Waals surface area contributed by atoms with Crippen LogP contribution in [0.5, 0.6) is 0 Å². The van der Waals surface area contributed by atoms with Crippen molar-refractivity contribution < 1.29 is 8.42 Å². The second-order valence-electron chi connectivity index (χ2n) is 5.81. The fraction of sp³-hybridized carbons (Fsp3) is 0.538. The Bertz CT molecular complexity index is 536. The summed E-state index contributed by atoms with van der Waals surface area (Å²) in [6, 6.07) is 5.01. The van der Waals surface area contributed by atoms with E-state index in [0.29, 0.717) is 10.7 Å². The second-order valence-corrected chi connectivity index (χ2v) is 7.96. The van der Waals surface area contributed by atoms with Crippen molar-refractivity contribution in [3.63, 3.8) is 0 Å². The monoisotopic (exact) mass is 304 g/mol. The van der Waals surface area contributed by atoms with Gasteiger partial charge in [-0.25, -0.2) is 8.42 Å². The Morgan fingerprint density at radius 2 is 1.89 bits per heavy atom. The van der Waals surface area contributed by atoms with E-state index in [1.807, 2.05) is 0 Å². The summed E-state index contributed by atoms with van der Waals surface area (Å²) in [4.78, 5) is 0. The van der Waals surface area contributed by atoms with Crippen molar-refractivity contribution in [1.82, 2.24) is 0 Å². The van der Waals surface area contributed by atoms with Gasteiger partial charge in [0.05, 0.1) is 22.7 Å². The van der Waals surface area contributed by atoms with E-state index in [9.17, 15) is 8.42 Å². The predicted molar refractivity (Wildman–Crippen MR) is 82.5 cm³/mol. The van der Waals surface area contributed by atoms with Crippen LogP contribution in [0.4, 0.5) is 11.4 Å². The van der Waals surface area contributed by atoms with Gasteiger partial charge >= 0.3 is 0 Å². The summed E-state index contributed by atoms with van der Waals surface area (Å²) in [6.45, 7) is 7.28. The molecule has 2 N–H and O–H groups in total. The molecule has 1 aromatic carbocycles. The molecule has 0 aliphatic heterocycles. The minimum Gasteiger partial charge on any atom is -0.384 e. The molecule has 0 aromatic heterocycles. The summed E-state index contributed by atoms with van der Waals surface area (Å²) >= 11 is 6.08. The molecule has 0 amide bonds. The van der Waals surface area contributed by atoms with Crippen molar-refractivity contribution in [2.75, 3.05) is 22.8 Å². The summed E-state index contributed by atoms with van der Waals surface area (Å²) in [6.07, 6.45) is 2.11. The third-order valence-corrected chi connectivity index (χ3v) is 3.40. The Kier molecular flexibility index (Phi) is 5.10. The molecule has 1 aromatic rings. The van der Waals surface area contributed by atoms with E-state index in [0.717, 1.165) is 24.9 Å². The lowest BCUT2D eigenvalue weighted by molar-refractivity contribution is 0.390. The number of sulfonamides is 1. The smallest absolute Gasteiger partial charge is 0.229 e. The highest BCUT2D eigenvalue weighted by molar-refractivity contribution is 7.92. The van der Waals surface area contributed by atoms with Gasteiger partial charge in [-0.3, -0.25) is 4.72 Å². The number of halogens is 1. The highest BCUT2D eigenvalue weighted by Crippen LogP contribution is 2.27. The molecule has 108 valence electrons. The van der Waals surface area contributed by atoms with Crippen LogP contribution in [-0.2, 0) is 10.0 Å². The average Bonchev–Trinajstić information content (AvgIpc) is 2.18. The van der Waals surface area contributed by atoms with Gasteiger partial charge in [-0.15, -0.1) is 0 Å². The van der Waals surface area contributed by atoms with Crippen molar-refractivity contribution in [2.24, 2.45) is 5.41 Å². The maximum atomic E-state index is 11.2. The predicted octanol–water partition coefficient (Wildman–Crippen LogP) is 3.56. The molecular weight excluding hydrogens is 284 g/mol. The van der Waals surface area contributed by atoms with E-state index < -0.39 is 10.0 Å². The van der Waals surface area contributed by atoms with E-state index in [1.165, 1.54) is 0 Å². The molecule has 0 spiro atoms. The van der Waals surface area contributed by atoms with Crippen LogP contribution in [0.25, 0.3) is 0 Å². The quantitative estimate of drug-likeness (QED) is 0.874. The normalized spacial score (nSPS) is 12.3. The van der Waals surface area contributed by atoms with E-state index in [2.05, 4.69) is 30.8 Å². The van der Waals surface area contributed by atoms with E-state index in [1.54, 1.807) is 18.2 Å². The topological polar surface area (TPSA) is 58.2 Å². The van der Waals surface area contributed by atoms with Crippen LogP contribution in [-0.4, -0.2) is 21.2 Å². The number of benzene rings is 1. The first-order valence-corrected chi connectivity index (χ1v) is 8.35. The highest BCUT2D eigenvalue weighted by atomic mass is 35.5. The number of rotatable bonds is 5. The molecule has 19 heavy (non-hydrogen) atoms. The van der Waals surface area contributed by atoms with Gasteiger partial charge in [-0.2, -0.15) is 0 Å². The molecule has 0 heterocycles. The Balaban J connectivity index is 2.75. The number of anilines is 2. The summed E-state index contributed by atoms with van der Waals surface area (Å²) in [5.74, 6) is 0. The third kappa shape index (κ3) is 6.68. The second kappa shape index (κ2) is 6.01. The molecule has 1 rings (SSSR count). The first-order valence-electron chi connectivity index (χ1n) is 6.08. The van der Waals surface area contributed by atoms with E-state index >= 15 is 0 Å². The molecular formula is C13H21ClN2O2S. The maximum absolute atomic E-state index is 11.2. The van der Waals surface area contributed by atoms with Crippen molar-refractivity contribution in [2.45, 2.75) is 27.2 Å². The number of hydrogen-bond acceptors (Lipinski definition) is 3. The van der Waals surface area contributed by atoms with Gasteiger partial charge in [0.2, 0.25) is 10.0 Å². The first kappa shape index (κ1) is 16.1. The van der Waals surface area contributed by atoms with Crippen LogP contribution in [0.1, 0.15) is 27.2 Å². The van der Waals surface area contributed by atoms with Crippen LogP contribution in [0.15, 0.2) is 18.2 Å². The van der Waals surface area contributed by atoms with Crippen LogP contribution < -0.4 is 10.0 Å².